The summed E-state index contributed by atoms with van der Waals surface area (Å²) in [5, 5.41) is 2.67. The maximum absolute atomic E-state index is 11.2. The van der Waals surface area contributed by atoms with Crippen LogP contribution in [0.15, 0.2) is 4.99 Å². The first kappa shape index (κ1) is 9.19. The van der Waals surface area contributed by atoms with E-state index >= 15 is 0 Å². The molecule has 0 saturated carbocycles. The topological polar surface area (TPSA) is 50.7 Å². The fourth-order valence-corrected chi connectivity index (χ4v) is 1.14. The van der Waals surface area contributed by atoms with Gasteiger partial charge in [0.15, 0.2) is 0 Å². The molecular weight excluding hydrogens is 156 g/mol. The number of methoxy groups -OCH3 is 1. The lowest BCUT2D eigenvalue weighted by Crippen LogP contribution is -2.32. The van der Waals surface area contributed by atoms with Crippen molar-refractivity contribution in [3.8, 4) is 0 Å². The number of ether oxygens (including phenoxy) is 1. The van der Waals surface area contributed by atoms with E-state index in [1.54, 1.807) is 7.11 Å². The van der Waals surface area contributed by atoms with Gasteiger partial charge in [-0.3, -0.25) is 9.79 Å². The van der Waals surface area contributed by atoms with Gasteiger partial charge in [0.1, 0.15) is 18.5 Å². The Morgan fingerprint density at radius 1 is 1.67 bits per heavy atom. The fourth-order valence-electron chi connectivity index (χ4n) is 1.14. The number of hydrogen-bond acceptors (Lipinski definition) is 3. The molecule has 0 aliphatic carbocycles. The van der Waals surface area contributed by atoms with Crippen LogP contribution in [0.3, 0.4) is 0 Å². The molecule has 1 rings (SSSR count). The van der Waals surface area contributed by atoms with Crippen molar-refractivity contribution in [2.75, 3.05) is 13.7 Å². The third-order valence-electron chi connectivity index (χ3n) is 1.74. The number of amides is 1. The first-order valence-electron chi connectivity index (χ1n) is 4.01. The van der Waals surface area contributed by atoms with E-state index in [1.165, 1.54) is 0 Å². The van der Waals surface area contributed by atoms with Crippen molar-refractivity contribution in [1.82, 2.24) is 5.32 Å². The van der Waals surface area contributed by atoms with Gasteiger partial charge in [-0.25, -0.2) is 0 Å². The first-order chi connectivity index (χ1) is 5.65. The predicted molar refractivity (Wildman–Crippen MR) is 46.1 cm³/mol. The maximum Gasteiger partial charge on any atom is 0.250 e. The lowest BCUT2D eigenvalue weighted by Gasteiger charge is -2.06. The zero-order chi connectivity index (χ0) is 9.14. The van der Waals surface area contributed by atoms with E-state index in [0.29, 0.717) is 12.4 Å². The van der Waals surface area contributed by atoms with Gasteiger partial charge in [0.05, 0.1) is 0 Å². The maximum atomic E-state index is 11.2. The number of nitrogens with one attached hydrogen (secondary N) is 1. The lowest BCUT2D eigenvalue weighted by molar-refractivity contribution is -0.120. The van der Waals surface area contributed by atoms with Crippen LogP contribution in [0.5, 0.6) is 0 Å². The molecule has 0 aromatic carbocycles. The van der Waals surface area contributed by atoms with Gasteiger partial charge in [-0.2, -0.15) is 0 Å². The highest BCUT2D eigenvalue weighted by molar-refractivity contribution is 6.06. The third-order valence-corrected chi connectivity index (χ3v) is 1.74. The van der Waals surface area contributed by atoms with Crippen molar-refractivity contribution in [3.05, 3.63) is 0 Å². The summed E-state index contributed by atoms with van der Waals surface area (Å²) in [5.74, 6) is 0.873. The van der Waals surface area contributed by atoms with Crippen LogP contribution < -0.4 is 5.32 Å². The molecule has 1 aliphatic rings. The second-order valence-corrected chi connectivity index (χ2v) is 3.19. The van der Waals surface area contributed by atoms with Gasteiger partial charge in [-0.15, -0.1) is 0 Å². The Balaban J connectivity index is 2.60. The summed E-state index contributed by atoms with van der Waals surface area (Å²) < 4.78 is 4.86. The highest BCUT2D eigenvalue weighted by atomic mass is 16.5. The Labute approximate surface area is 72.0 Å². The number of aliphatic imine (C=N–C) groups is 1. The summed E-state index contributed by atoms with van der Waals surface area (Å²) in [6.07, 6.45) is 0. The molecular formula is C8H14N2O2. The van der Waals surface area contributed by atoms with E-state index in [9.17, 15) is 4.79 Å². The average molecular weight is 170 g/mol. The SMILES string of the molecule is COCC1=NC(C(C)C)C(=O)N1. The summed E-state index contributed by atoms with van der Waals surface area (Å²) in [6, 6.07) is -0.227. The van der Waals surface area contributed by atoms with E-state index in [0.717, 1.165) is 0 Å². The summed E-state index contributed by atoms with van der Waals surface area (Å²) in [5.41, 5.74) is 0. The number of hydrogen-bond donors (Lipinski definition) is 1. The second-order valence-electron chi connectivity index (χ2n) is 3.19. The van der Waals surface area contributed by atoms with Crippen LogP contribution in [-0.4, -0.2) is 31.5 Å². The van der Waals surface area contributed by atoms with Crippen molar-refractivity contribution in [3.63, 3.8) is 0 Å². The number of carbonyl (C=O) groups is 1. The molecule has 0 radical (unpaired) electrons. The van der Waals surface area contributed by atoms with Crippen LogP contribution >= 0.6 is 0 Å². The molecule has 1 amide bonds. The third kappa shape index (κ3) is 1.82. The summed E-state index contributed by atoms with van der Waals surface area (Å²) in [7, 11) is 1.58. The van der Waals surface area contributed by atoms with Crippen LogP contribution in [0, 0.1) is 5.92 Å². The molecule has 4 nitrogen and oxygen atoms in total. The standard InChI is InChI=1S/C8H14N2O2/c1-5(2)7-8(11)10-6(9-7)4-12-3/h5,7H,4H2,1-3H3,(H,9,10,11). The number of amidine groups is 1. The minimum atomic E-state index is -0.227. The predicted octanol–water partition coefficient (Wildman–Crippen LogP) is 0.186. The Hall–Kier alpha value is -0.900. The minimum absolute atomic E-state index is 0.0166. The molecule has 0 fully saturated rings. The molecule has 0 bridgehead atoms. The van der Waals surface area contributed by atoms with Crippen LogP contribution in [0.25, 0.3) is 0 Å². The van der Waals surface area contributed by atoms with Crippen molar-refractivity contribution in [2.24, 2.45) is 10.9 Å². The molecule has 1 aliphatic heterocycles. The summed E-state index contributed by atoms with van der Waals surface area (Å²) in [4.78, 5) is 15.4. The molecule has 4 heteroatoms. The Bertz CT molecular complexity index is 211. The van der Waals surface area contributed by atoms with Gasteiger partial charge in [0.2, 0.25) is 5.91 Å². The Kier molecular flexibility index (Phi) is 2.81. The second kappa shape index (κ2) is 3.67. The van der Waals surface area contributed by atoms with Gasteiger partial charge < -0.3 is 10.1 Å². The van der Waals surface area contributed by atoms with Crippen LogP contribution in [-0.2, 0) is 9.53 Å². The molecule has 12 heavy (non-hydrogen) atoms. The molecule has 68 valence electrons. The molecule has 1 atom stereocenters. The quantitative estimate of drug-likeness (QED) is 0.657. The highest BCUT2D eigenvalue weighted by Gasteiger charge is 2.28. The van der Waals surface area contributed by atoms with Gasteiger partial charge in [0, 0.05) is 7.11 Å². The highest BCUT2D eigenvalue weighted by Crippen LogP contribution is 2.10. The molecule has 0 aromatic rings. The largest absolute Gasteiger partial charge is 0.377 e. The van der Waals surface area contributed by atoms with Gasteiger partial charge in [-0.05, 0) is 5.92 Å². The fraction of sp³-hybridized carbons (Fsp3) is 0.750. The van der Waals surface area contributed by atoms with E-state index in [2.05, 4.69) is 10.3 Å². The van der Waals surface area contributed by atoms with Crippen molar-refractivity contribution in [2.45, 2.75) is 19.9 Å². The molecule has 0 saturated heterocycles. The number of rotatable bonds is 3. The van der Waals surface area contributed by atoms with E-state index in [4.69, 9.17) is 4.74 Å². The lowest BCUT2D eigenvalue weighted by atomic mass is 10.1. The molecule has 1 heterocycles. The summed E-state index contributed by atoms with van der Waals surface area (Å²) >= 11 is 0. The van der Waals surface area contributed by atoms with Crippen LogP contribution in [0.4, 0.5) is 0 Å². The van der Waals surface area contributed by atoms with Crippen LogP contribution in [0.1, 0.15) is 13.8 Å². The van der Waals surface area contributed by atoms with Gasteiger partial charge in [0.25, 0.3) is 0 Å². The summed E-state index contributed by atoms with van der Waals surface area (Å²) in [6.45, 7) is 4.34. The zero-order valence-corrected chi connectivity index (χ0v) is 7.63. The smallest absolute Gasteiger partial charge is 0.250 e. The molecule has 0 spiro atoms. The van der Waals surface area contributed by atoms with Gasteiger partial charge >= 0.3 is 0 Å². The first-order valence-corrected chi connectivity index (χ1v) is 4.01. The molecule has 1 N–H and O–H groups in total. The van der Waals surface area contributed by atoms with Crippen LogP contribution in [0.2, 0.25) is 0 Å². The van der Waals surface area contributed by atoms with E-state index in [-0.39, 0.29) is 17.9 Å². The molecule has 0 aromatic heterocycles. The zero-order valence-electron chi connectivity index (χ0n) is 7.63. The monoisotopic (exact) mass is 170 g/mol. The average Bonchev–Trinajstić information content (AvgIpc) is 2.32. The van der Waals surface area contributed by atoms with E-state index < -0.39 is 0 Å². The number of carbonyl (C=O) groups excluding carboxylic acids is 1. The Morgan fingerprint density at radius 2 is 2.33 bits per heavy atom. The van der Waals surface area contributed by atoms with Crippen molar-refractivity contribution in [1.29, 1.82) is 0 Å². The van der Waals surface area contributed by atoms with Crippen molar-refractivity contribution < 1.29 is 9.53 Å². The minimum Gasteiger partial charge on any atom is -0.377 e. The molecule has 1 unspecified atom stereocenters. The van der Waals surface area contributed by atoms with E-state index in [1.807, 2.05) is 13.8 Å². The van der Waals surface area contributed by atoms with Gasteiger partial charge in [-0.1, -0.05) is 13.8 Å². The Morgan fingerprint density at radius 3 is 2.75 bits per heavy atom. The normalized spacial score (nSPS) is 22.8. The number of nitrogens with zero attached hydrogens (tertiary/aromatic N) is 1. The van der Waals surface area contributed by atoms with Crippen molar-refractivity contribution >= 4 is 11.7 Å².